The summed E-state index contributed by atoms with van der Waals surface area (Å²) in [4.78, 5) is 35.0. The number of carboxylic acids is 2. The third kappa shape index (κ3) is 2.31. The second-order valence-electron chi connectivity index (χ2n) is 6.06. The Kier molecular flexibility index (Phi) is 4.00. The summed E-state index contributed by atoms with van der Waals surface area (Å²) in [7, 11) is 0. The average molecular weight is 289 g/mol. The zero-order valence-corrected chi connectivity index (χ0v) is 11.5. The van der Waals surface area contributed by atoms with E-state index in [0.717, 1.165) is 0 Å². The van der Waals surface area contributed by atoms with Crippen molar-refractivity contribution in [2.24, 2.45) is 10.8 Å². The van der Waals surface area contributed by atoms with Gasteiger partial charge < -0.3 is 20.4 Å². The van der Waals surface area contributed by atoms with E-state index < -0.39 is 47.6 Å². The summed E-state index contributed by atoms with van der Waals surface area (Å²) < 4.78 is 0. The Morgan fingerprint density at radius 2 is 1.65 bits per heavy atom. The van der Waals surface area contributed by atoms with E-state index in [9.17, 15) is 29.7 Å². The predicted molar refractivity (Wildman–Crippen MR) is 66.3 cm³/mol. The molecule has 114 valence electrons. The molecule has 4 N–H and O–H groups in total. The molecule has 0 saturated carbocycles. The van der Waals surface area contributed by atoms with Gasteiger partial charge in [-0.3, -0.25) is 9.69 Å². The van der Waals surface area contributed by atoms with Crippen LogP contribution in [-0.4, -0.2) is 62.0 Å². The number of rotatable bonds is 2. The van der Waals surface area contributed by atoms with Gasteiger partial charge in [0.25, 0.3) is 0 Å². The van der Waals surface area contributed by atoms with E-state index >= 15 is 0 Å². The molecule has 3 atom stereocenters. The number of carboxylic acid groups (broad SMARTS) is 3. The summed E-state index contributed by atoms with van der Waals surface area (Å²) in [5.74, 6) is -2.96. The van der Waals surface area contributed by atoms with Crippen LogP contribution in [0.4, 0.5) is 4.79 Å². The average Bonchev–Trinajstić information content (AvgIpc) is 2.24. The molecule has 0 aromatic carbocycles. The largest absolute Gasteiger partial charge is 0.481 e. The Morgan fingerprint density at radius 3 is 1.95 bits per heavy atom. The fourth-order valence-corrected chi connectivity index (χ4v) is 2.92. The first-order valence-electron chi connectivity index (χ1n) is 6.09. The SMILES string of the molecule is CC(C)(C)[C@@]1(C(=O)O)CC(O)CN(C(=O)O)[C@@H]1C(=O)O. The van der Waals surface area contributed by atoms with Crippen molar-refractivity contribution in [3.05, 3.63) is 0 Å². The van der Waals surface area contributed by atoms with Crippen LogP contribution >= 0.6 is 0 Å². The minimum Gasteiger partial charge on any atom is -0.481 e. The van der Waals surface area contributed by atoms with E-state index in [2.05, 4.69) is 0 Å². The third-order valence-electron chi connectivity index (χ3n) is 3.94. The molecule has 1 aliphatic rings. The Labute approximate surface area is 115 Å². The minimum absolute atomic E-state index is 0.313. The number of aliphatic carboxylic acids is 2. The molecule has 0 bridgehead atoms. The van der Waals surface area contributed by atoms with E-state index in [0.29, 0.717) is 4.90 Å². The monoisotopic (exact) mass is 289 g/mol. The fourth-order valence-electron chi connectivity index (χ4n) is 2.92. The molecule has 0 radical (unpaired) electrons. The van der Waals surface area contributed by atoms with Crippen molar-refractivity contribution in [1.82, 2.24) is 4.90 Å². The molecule has 0 aromatic rings. The van der Waals surface area contributed by atoms with Gasteiger partial charge in [-0.2, -0.15) is 0 Å². The van der Waals surface area contributed by atoms with Gasteiger partial charge in [-0.1, -0.05) is 20.8 Å². The normalized spacial score (nSPS) is 30.9. The van der Waals surface area contributed by atoms with Gasteiger partial charge in [-0.05, 0) is 11.8 Å². The van der Waals surface area contributed by atoms with E-state index in [1.54, 1.807) is 0 Å². The molecular weight excluding hydrogens is 270 g/mol. The first-order chi connectivity index (χ1) is 8.95. The molecule has 1 amide bonds. The smallest absolute Gasteiger partial charge is 0.408 e. The molecule has 1 unspecified atom stereocenters. The van der Waals surface area contributed by atoms with E-state index in [-0.39, 0.29) is 6.42 Å². The van der Waals surface area contributed by atoms with Crippen LogP contribution < -0.4 is 0 Å². The van der Waals surface area contributed by atoms with Crippen molar-refractivity contribution in [1.29, 1.82) is 0 Å². The highest BCUT2D eigenvalue weighted by Gasteiger charge is 2.63. The minimum atomic E-state index is -1.91. The maximum absolute atomic E-state index is 11.8. The number of hydrogen-bond donors (Lipinski definition) is 4. The van der Waals surface area contributed by atoms with Crippen LogP contribution in [0.1, 0.15) is 27.2 Å². The topological polar surface area (TPSA) is 135 Å². The third-order valence-corrected chi connectivity index (χ3v) is 3.94. The first kappa shape index (κ1) is 16.2. The highest BCUT2D eigenvalue weighted by Crippen LogP contribution is 2.50. The molecule has 0 aliphatic carbocycles. The van der Waals surface area contributed by atoms with Gasteiger partial charge in [0, 0.05) is 0 Å². The lowest BCUT2D eigenvalue weighted by Gasteiger charge is -2.52. The summed E-state index contributed by atoms with van der Waals surface area (Å²) in [5.41, 5.74) is -2.97. The van der Waals surface area contributed by atoms with Gasteiger partial charge >= 0.3 is 18.0 Å². The fraction of sp³-hybridized carbons (Fsp3) is 0.750. The lowest BCUT2D eigenvalue weighted by Crippen LogP contribution is -2.68. The summed E-state index contributed by atoms with van der Waals surface area (Å²) in [6.07, 6.45) is -3.10. The van der Waals surface area contributed by atoms with Crippen molar-refractivity contribution < 1.29 is 34.8 Å². The second-order valence-corrected chi connectivity index (χ2v) is 6.06. The van der Waals surface area contributed by atoms with Crippen molar-refractivity contribution >= 4 is 18.0 Å². The molecule has 8 nitrogen and oxygen atoms in total. The lowest BCUT2D eigenvalue weighted by molar-refractivity contribution is -0.185. The first-order valence-corrected chi connectivity index (χ1v) is 6.09. The molecule has 20 heavy (non-hydrogen) atoms. The van der Waals surface area contributed by atoms with Crippen LogP contribution in [0, 0.1) is 10.8 Å². The molecule has 1 aliphatic heterocycles. The van der Waals surface area contributed by atoms with Gasteiger partial charge in [0.15, 0.2) is 0 Å². The molecule has 1 saturated heterocycles. The van der Waals surface area contributed by atoms with Crippen LogP contribution in [0.5, 0.6) is 0 Å². The number of aliphatic hydroxyl groups is 1. The summed E-state index contributed by atoms with van der Waals surface area (Å²) in [6.45, 7) is 4.15. The van der Waals surface area contributed by atoms with Crippen molar-refractivity contribution in [3.8, 4) is 0 Å². The maximum atomic E-state index is 11.8. The summed E-state index contributed by atoms with van der Waals surface area (Å²) in [5, 5.41) is 37.8. The molecule has 1 rings (SSSR count). The number of piperidine rings is 1. The Balaban J connectivity index is 3.54. The molecule has 1 heterocycles. The van der Waals surface area contributed by atoms with Crippen molar-refractivity contribution in [2.45, 2.75) is 39.3 Å². The second kappa shape index (κ2) is 4.93. The Bertz CT molecular complexity index is 442. The van der Waals surface area contributed by atoms with Crippen LogP contribution in [-0.2, 0) is 9.59 Å². The van der Waals surface area contributed by atoms with Crippen LogP contribution in [0.15, 0.2) is 0 Å². The van der Waals surface area contributed by atoms with E-state index in [4.69, 9.17) is 5.11 Å². The van der Waals surface area contributed by atoms with E-state index in [1.807, 2.05) is 0 Å². The quantitative estimate of drug-likeness (QED) is 0.574. The predicted octanol–water partition coefficient (Wildman–Crippen LogP) is 0.301. The molecule has 0 aromatic heterocycles. The zero-order valence-electron chi connectivity index (χ0n) is 11.5. The maximum Gasteiger partial charge on any atom is 0.408 e. The lowest BCUT2D eigenvalue weighted by atomic mass is 9.57. The zero-order chi connectivity index (χ0) is 15.9. The highest BCUT2D eigenvalue weighted by atomic mass is 16.4. The number of carbonyl (C=O) groups is 3. The van der Waals surface area contributed by atoms with Gasteiger partial charge in [0.2, 0.25) is 0 Å². The van der Waals surface area contributed by atoms with Crippen LogP contribution in [0.2, 0.25) is 0 Å². The van der Waals surface area contributed by atoms with Crippen LogP contribution in [0.25, 0.3) is 0 Å². The number of amides is 1. The number of aliphatic hydroxyl groups excluding tert-OH is 1. The van der Waals surface area contributed by atoms with Gasteiger partial charge in [0.05, 0.1) is 12.6 Å². The molecular formula is C12H19NO7. The highest BCUT2D eigenvalue weighted by molar-refractivity contribution is 5.89. The number of likely N-dealkylation sites (tertiary alicyclic amines) is 1. The Hall–Kier alpha value is -1.83. The van der Waals surface area contributed by atoms with E-state index in [1.165, 1.54) is 20.8 Å². The number of β-amino-alcohol motifs (C(OH)–C–C–N with tert-alkyl or cyclic N) is 1. The van der Waals surface area contributed by atoms with Crippen molar-refractivity contribution in [3.63, 3.8) is 0 Å². The number of hydrogen-bond acceptors (Lipinski definition) is 4. The Morgan fingerprint density at radius 1 is 1.15 bits per heavy atom. The van der Waals surface area contributed by atoms with Crippen LogP contribution in [0.3, 0.4) is 0 Å². The standard InChI is InChI=1S/C12H19NO7/c1-11(2,3)12(9(17)18)4-6(14)5-13(10(19)20)7(12)8(15)16/h6-7,14H,4-5H2,1-3H3,(H,15,16)(H,17,18)(H,19,20)/t6?,7-,12+/m1/s1. The molecule has 1 fully saturated rings. The molecule has 8 heteroatoms. The molecule has 0 spiro atoms. The van der Waals surface area contributed by atoms with Gasteiger partial charge in [0.1, 0.15) is 11.5 Å². The van der Waals surface area contributed by atoms with Gasteiger partial charge in [-0.15, -0.1) is 0 Å². The van der Waals surface area contributed by atoms with Gasteiger partial charge in [-0.25, -0.2) is 9.59 Å². The van der Waals surface area contributed by atoms with Crippen molar-refractivity contribution in [2.75, 3.05) is 6.54 Å². The number of nitrogens with zero attached hydrogens (tertiary/aromatic N) is 1. The summed E-state index contributed by atoms with van der Waals surface area (Å²) in [6, 6.07) is -1.75. The summed E-state index contributed by atoms with van der Waals surface area (Å²) >= 11 is 0.